The number of fused-ring (bicyclic) bond motifs is 2. The number of rotatable bonds is 3. The van der Waals surface area contributed by atoms with Crippen molar-refractivity contribution < 1.29 is 14.0 Å². The molecule has 1 aliphatic rings. The van der Waals surface area contributed by atoms with E-state index in [9.17, 15) is 14.0 Å². The number of halogens is 1. The molecule has 4 nitrogen and oxygen atoms in total. The maximum atomic E-state index is 14.0. The van der Waals surface area contributed by atoms with Crippen LogP contribution in [0.2, 0.25) is 0 Å². The summed E-state index contributed by atoms with van der Waals surface area (Å²) >= 11 is 1.69. The lowest BCUT2D eigenvalue weighted by Crippen LogP contribution is -2.19. The molecule has 1 aromatic heterocycles. The van der Waals surface area contributed by atoms with Gasteiger partial charge in [0.1, 0.15) is 11.3 Å². The number of carbonyl (C=O) groups excluding carboxylic acids is 2. The summed E-state index contributed by atoms with van der Waals surface area (Å²) < 4.78 is 14.0. The van der Waals surface area contributed by atoms with Crippen LogP contribution in [0.25, 0.3) is 22.2 Å². The second-order valence-corrected chi connectivity index (χ2v) is 8.04. The number of nitrogens with zero attached hydrogens (tertiary/aromatic N) is 1. The molecule has 6 heteroatoms. The summed E-state index contributed by atoms with van der Waals surface area (Å²) in [6.45, 7) is 2.10. The number of aryl methyl sites for hydroxylation is 1. The Balaban J connectivity index is 0.000000186. The van der Waals surface area contributed by atoms with Crippen LogP contribution in [0.3, 0.4) is 0 Å². The van der Waals surface area contributed by atoms with Crippen molar-refractivity contribution in [2.24, 2.45) is 0 Å². The number of pyridine rings is 1. The van der Waals surface area contributed by atoms with Crippen LogP contribution in [0, 0.1) is 5.82 Å². The van der Waals surface area contributed by atoms with Gasteiger partial charge in [0.2, 0.25) is 0 Å². The van der Waals surface area contributed by atoms with E-state index in [4.69, 9.17) is 0 Å². The molecule has 160 valence electrons. The minimum absolute atomic E-state index is 0.266. The summed E-state index contributed by atoms with van der Waals surface area (Å²) in [5.41, 5.74) is 4.50. The third-order valence-corrected chi connectivity index (χ3v) is 6.06. The molecule has 0 fully saturated rings. The summed E-state index contributed by atoms with van der Waals surface area (Å²) in [5.74, 6) is -0.866. The molecule has 32 heavy (non-hydrogen) atoms. The van der Waals surface area contributed by atoms with E-state index in [1.54, 1.807) is 42.1 Å². The van der Waals surface area contributed by atoms with Crippen molar-refractivity contribution in [2.75, 3.05) is 6.26 Å². The topological polar surface area (TPSA) is 59.1 Å². The lowest BCUT2D eigenvalue weighted by atomic mass is 10.0. The van der Waals surface area contributed by atoms with Gasteiger partial charge in [0.15, 0.2) is 0 Å². The van der Waals surface area contributed by atoms with E-state index in [0.717, 1.165) is 33.5 Å². The van der Waals surface area contributed by atoms with Crippen LogP contribution in [0.5, 0.6) is 0 Å². The Labute approximate surface area is 189 Å². The fourth-order valence-electron chi connectivity index (χ4n) is 3.67. The number of carbonyl (C=O) groups is 2. The number of amides is 2. The average Bonchev–Trinajstić information content (AvgIpc) is 3.12. The van der Waals surface area contributed by atoms with Gasteiger partial charge in [-0.15, -0.1) is 11.8 Å². The Morgan fingerprint density at radius 1 is 0.875 bits per heavy atom. The molecular weight excluding hydrogens is 423 g/mol. The first kappa shape index (κ1) is 21.7. The molecule has 0 bridgehead atoms. The van der Waals surface area contributed by atoms with Gasteiger partial charge in [-0.2, -0.15) is 0 Å². The van der Waals surface area contributed by atoms with Crippen LogP contribution in [-0.2, 0) is 6.42 Å². The van der Waals surface area contributed by atoms with Crippen molar-refractivity contribution in [3.05, 3.63) is 95.3 Å². The Kier molecular flexibility index (Phi) is 6.32. The Morgan fingerprint density at radius 3 is 2.12 bits per heavy atom. The van der Waals surface area contributed by atoms with Gasteiger partial charge in [-0.05, 0) is 48.6 Å². The zero-order valence-electron chi connectivity index (χ0n) is 17.7. The third-order valence-electron chi connectivity index (χ3n) is 5.26. The molecule has 0 saturated carbocycles. The van der Waals surface area contributed by atoms with Crippen LogP contribution < -0.4 is 5.32 Å². The molecule has 0 radical (unpaired) electrons. The quantitative estimate of drug-likeness (QED) is 0.316. The summed E-state index contributed by atoms with van der Waals surface area (Å²) in [6.07, 6.45) is 2.92. The van der Waals surface area contributed by atoms with Gasteiger partial charge in [-0.1, -0.05) is 49.4 Å². The first-order chi connectivity index (χ1) is 15.5. The van der Waals surface area contributed by atoms with E-state index in [1.165, 1.54) is 6.07 Å². The Morgan fingerprint density at radius 2 is 1.50 bits per heavy atom. The van der Waals surface area contributed by atoms with Gasteiger partial charge < -0.3 is 0 Å². The molecule has 1 N–H and O–H groups in total. The fourth-order valence-corrected chi connectivity index (χ4v) is 4.27. The van der Waals surface area contributed by atoms with E-state index in [-0.39, 0.29) is 17.6 Å². The van der Waals surface area contributed by atoms with Crippen molar-refractivity contribution in [3.63, 3.8) is 0 Å². The van der Waals surface area contributed by atoms with Crippen LogP contribution >= 0.6 is 11.8 Å². The molecule has 3 aromatic carbocycles. The molecule has 0 spiro atoms. The summed E-state index contributed by atoms with van der Waals surface area (Å²) in [7, 11) is 0. The molecule has 0 atom stereocenters. The minimum Gasteiger partial charge on any atom is -0.288 e. The van der Waals surface area contributed by atoms with Gasteiger partial charge >= 0.3 is 0 Å². The van der Waals surface area contributed by atoms with Crippen molar-refractivity contribution in [3.8, 4) is 11.3 Å². The van der Waals surface area contributed by atoms with Gasteiger partial charge in [-0.25, -0.2) is 9.37 Å². The summed E-state index contributed by atoms with van der Waals surface area (Å²) in [6, 6.07) is 22.0. The number of hydrogen-bond donors (Lipinski definition) is 1. The van der Waals surface area contributed by atoms with E-state index in [1.807, 2.05) is 24.5 Å². The number of thioether (sulfide) groups is 1. The SMILES string of the molecule is CCc1cc2cccc(F)c2nc1-c1ccccc1SC.O=C1NC(=O)c2ccccc21. The number of nitrogens with one attached hydrogen (secondary N) is 1. The molecule has 0 unspecified atom stereocenters. The van der Waals surface area contributed by atoms with Gasteiger partial charge in [0, 0.05) is 15.8 Å². The molecule has 5 rings (SSSR count). The highest BCUT2D eigenvalue weighted by Gasteiger charge is 2.25. The highest BCUT2D eigenvalue weighted by Crippen LogP contribution is 2.33. The van der Waals surface area contributed by atoms with Crippen molar-refractivity contribution >= 4 is 34.5 Å². The summed E-state index contributed by atoms with van der Waals surface area (Å²) in [5, 5.41) is 3.06. The highest BCUT2D eigenvalue weighted by atomic mass is 32.2. The minimum atomic E-state index is -0.300. The maximum Gasteiger partial charge on any atom is 0.258 e. The molecule has 2 amide bonds. The largest absolute Gasteiger partial charge is 0.288 e. The third kappa shape index (κ3) is 4.14. The highest BCUT2D eigenvalue weighted by molar-refractivity contribution is 7.98. The van der Waals surface area contributed by atoms with Crippen LogP contribution in [0.1, 0.15) is 33.2 Å². The molecule has 0 saturated heterocycles. The molecule has 0 aliphatic carbocycles. The second kappa shape index (κ2) is 9.32. The lowest BCUT2D eigenvalue weighted by Gasteiger charge is -2.12. The first-order valence-corrected chi connectivity index (χ1v) is 11.4. The smallest absolute Gasteiger partial charge is 0.258 e. The van der Waals surface area contributed by atoms with Crippen LogP contribution in [0.4, 0.5) is 4.39 Å². The van der Waals surface area contributed by atoms with E-state index >= 15 is 0 Å². The van der Waals surface area contributed by atoms with E-state index in [2.05, 4.69) is 35.4 Å². The zero-order chi connectivity index (χ0) is 22.7. The Bertz CT molecular complexity index is 1300. The average molecular weight is 445 g/mol. The summed E-state index contributed by atoms with van der Waals surface area (Å²) in [4.78, 5) is 27.7. The van der Waals surface area contributed by atoms with E-state index < -0.39 is 0 Å². The molecular formula is C26H21FN2O2S. The van der Waals surface area contributed by atoms with Gasteiger partial charge in [0.05, 0.1) is 16.8 Å². The number of benzene rings is 3. The number of para-hydroxylation sites is 1. The number of imide groups is 1. The van der Waals surface area contributed by atoms with Crippen LogP contribution in [-0.4, -0.2) is 23.1 Å². The van der Waals surface area contributed by atoms with Gasteiger partial charge in [-0.3, -0.25) is 14.9 Å². The standard InChI is InChI=1S/C18H16FNS.C8H5NO2/c1-3-12-11-13-7-6-9-15(19)18(13)20-17(12)14-8-4-5-10-16(14)21-2;10-7-5-3-1-2-4-6(5)8(11)9-7/h4-11H,3H2,1-2H3;1-4H,(H,9,10,11). The lowest BCUT2D eigenvalue weighted by molar-refractivity contribution is 0.0879. The van der Waals surface area contributed by atoms with Crippen molar-refractivity contribution in [1.82, 2.24) is 10.3 Å². The Hall–Kier alpha value is -3.51. The van der Waals surface area contributed by atoms with Crippen molar-refractivity contribution in [1.29, 1.82) is 0 Å². The van der Waals surface area contributed by atoms with E-state index in [0.29, 0.717) is 16.6 Å². The predicted molar refractivity (Wildman–Crippen MR) is 127 cm³/mol. The number of aromatic nitrogens is 1. The molecule has 2 heterocycles. The second-order valence-electron chi connectivity index (χ2n) is 7.19. The van der Waals surface area contributed by atoms with Gasteiger partial charge in [0.25, 0.3) is 11.8 Å². The monoisotopic (exact) mass is 444 g/mol. The predicted octanol–water partition coefficient (Wildman–Crippen LogP) is 5.90. The van der Waals surface area contributed by atoms with Crippen molar-refractivity contribution in [2.45, 2.75) is 18.2 Å². The molecule has 1 aliphatic heterocycles. The van der Waals surface area contributed by atoms with Crippen LogP contribution in [0.15, 0.2) is 77.7 Å². The number of hydrogen-bond acceptors (Lipinski definition) is 4. The fraction of sp³-hybridized carbons (Fsp3) is 0.115. The zero-order valence-corrected chi connectivity index (χ0v) is 18.5. The first-order valence-electron chi connectivity index (χ1n) is 10.2. The normalized spacial score (nSPS) is 12.2. The maximum absolute atomic E-state index is 14.0. The molecule has 4 aromatic rings.